The molecule has 0 unspecified atom stereocenters. The molecular weight excluding hydrogens is 384 g/mol. The fourth-order valence-corrected chi connectivity index (χ4v) is 4.59. The van der Waals surface area contributed by atoms with E-state index in [-0.39, 0.29) is 23.5 Å². The van der Waals surface area contributed by atoms with E-state index >= 15 is 0 Å². The summed E-state index contributed by atoms with van der Waals surface area (Å²) in [5.74, 6) is -0.245. The first-order valence-electron chi connectivity index (χ1n) is 8.60. The van der Waals surface area contributed by atoms with Crippen LogP contribution in [0.15, 0.2) is 29.3 Å². The first kappa shape index (κ1) is 18.1. The zero-order valence-electron chi connectivity index (χ0n) is 14.9. The molecule has 10 heteroatoms. The van der Waals surface area contributed by atoms with Gasteiger partial charge >= 0.3 is 0 Å². The predicted octanol–water partition coefficient (Wildman–Crippen LogP) is 2.50. The summed E-state index contributed by atoms with van der Waals surface area (Å²) in [6.45, 7) is -0.282. The lowest BCUT2D eigenvalue weighted by atomic mass is 10.2. The maximum atomic E-state index is 12.8. The summed E-state index contributed by atoms with van der Waals surface area (Å²) in [5, 5.41) is 14.3. The van der Waals surface area contributed by atoms with Crippen LogP contribution in [0.2, 0.25) is 0 Å². The van der Waals surface area contributed by atoms with E-state index in [1.54, 1.807) is 0 Å². The zero-order chi connectivity index (χ0) is 19.8. The standard InChI is InChI=1S/C18H16N4O5S/c1-27-10-5-6-12(13(7-10)22(25)26)20-15(23)8-21-9-19-17-16(18(21)24)11-3-2-4-14(11)28-17/h5-7,9H,2-4,8H2,1H3,(H,20,23). The first-order chi connectivity index (χ1) is 13.5. The van der Waals surface area contributed by atoms with Gasteiger partial charge in [0.1, 0.15) is 22.8 Å². The van der Waals surface area contributed by atoms with Crippen molar-refractivity contribution in [2.45, 2.75) is 25.8 Å². The van der Waals surface area contributed by atoms with Gasteiger partial charge in [-0.05, 0) is 37.0 Å². The minimum atomic E-state index is -0.605. The molecule has 0 saturated heterocycles. The Morgan fingerprint density at radius 3 is 3.00 bits per heavy atom. The van der Waals surface area contributed by atoms with E-state index in [9.17, 15) is 19.7 Å². The Morgan fingerprint density at radius 2 is 2.25 bits per heavy atom. The molecule has 144 valence electrons. The quantitative estimate of drug-likeness (QED) is 0.520. The molecule has 2 aromatic heterocycles. The Bertz CT molecular complexity index is 1170. The van der Waals surface area contributed by atoms with Gasteiger partial charge in [-0.3, -0.25) is 24.3 Å². The molecule has 28 heavy (non-hydrogen) atoms. The number of aryl methyl sites for hydroxylation is 2. The number of methoxy groups -OCH3 is 1. The molecule has 0 radical (unpaired) electrons. The lowest BCUT2D eigenvalue weighted by Gasteiger charge is -2.09. The van der Waals surface area contributed by atoms with Crippen LogP contribution in [-0.4, -0.2) is 27.5 Å². The number of carbonyl (C=O) groups is 1. The molecule has 1 aromatic carbocycles. The van der Waals surface area contributed by atoms with E-state index in [0.29, 0.717) is 16.0 Å². The number of nitro groups is 1. The highest BCUT2D eigenvalue weighted by Crippen LogP contribution is 2.34. The molecule has 1 N–H and O–H groups in total. The summed E-state index contributed by atoms with van der Waals surface area (Å²) in [7, 11) is 1.40. The highest BCUT2D eigenvalue weighted by molar-refractivity contribution is 7.18. The number of hydrogen-bond acceptors (Lipinski definition) is 7. The third kappa shape index (κ3) is 3.11. The first-order valence-corrected chi connectivity index (χ1v) is 9.41. The number of carbonyl (C=O) groups excluding carboxylic acids is 1. The second-order valence-corrected chi connectivity index (χ2v) is 7.49. The smallest absolute Gasteiger partial charge is 0.296 e. The van der Waals surface area contributed by atoms with E-state index in [4.69, 9.17) is 4.74 Å². The topological polar surface area (TPSA) is 116 Å². The van der Waals surface area contributed by atoms with E-state index < -0.39 is 10.8 Å². The van der Waals surface area contributed by atoms with Crippen molar-refractivity contribution in [2.24, 2.45) is 0 Å². The Labute approximate surface area is 162 Å². The van der Waals surface area contributed by atoms with Gasteiger partial charge in [0.15, 0.2) is 0 Å². The van der Waals surface area contributed by atoms with Gasteiger partial charge in [-0.15, -0.1) is 11.3 Å². The van der Waals surface area contributed by atoms with Gasteiger partial charge in [-0.1, -0.05) is 0 Å². The van der Waals surface area contributed by atoms with Gasteiger partial charge in [0.25, 0.3) is 11.2 Å². The Hall–Kier alpha value is -3.27. The molecule has 2 heterocycles. The molecule has 4 rings (SSSR count). The lowest BCUT2D eigenvalue weighted by molar-refractivity contribution is -0.384. The summed E-state index contributed by atoms with van der Waals surface area (Å²) in [6.07, 6.45) is 4.17. The summed E-state index contributed by atoms with van der Waals surface area (Å²) in [4.78, 5) is 42.1. The molecule has 0 fully saturated rings. The lowest BCUT2D eigenvalue weighted by Crippen LogP contribution is -2.28. The van der Waals surface area contributed by atoms with E-state index in [1.165, 1.54) is 52.4 Å². The molecule has 0 spiro atoms. The molecule has 1 aliphatic rings. The molecule has 1 aliphatic carbocycles. The summed E-state index contributed by atoms with van der Waals surface area (Å²) in [5.41, 5.74) is 0.528. The second kappa shape index (κ2) is 7.04. The monoisotopic (exact) mass is 400 g/mol. The molecule has 9 nitrogen and oxygen atoms in total. The van der Waals surface area contributed by atoms with Crippen molar-refractivity contribution in [3.8, 4) is 5.75 Å². The van der Waals surface area contributed by atoms with Crippen LogP contribution >= 0.6 is 11.3 Å². The summed E-state index contributed by atoms with van der Waals surface area (Å²) < 4.78 is 6.21. The van der Waals surface area contributed by atoms with Crippen LogP contribution in [0.25, 0.3) is 10.2 Å². The molecule has 0 atom stereocenters. The van der Waals surface area contributed by atoms with Crippen molar-refractivity contribution in [1.29, 1.82) is 0 Å². The van der Waals surface area contributed by atoms with Crippen LogP contribution in [0.3, 0.4) is 0 Å². The van der Waals surface area contributed by atoms with Gasteiger partial charge < -0.3 is 10.1 Å². The number of benzene rings is 1. The van der Waals surface area contributed by atoms with Crippen molar-refractivity contribution in [3.05, 3.63) is 55.4 Å². The highest BCUT2D eigenvalue weighted by Gasteiger charge is 2.22. The summed E-state index contributed by atoms with van der Waals surface area (Å²) in [6, 6.07) is 4.13. The molecule has 0 bridgehead atoms. The van der Waals surface area contributed by atoms with E-state index in [1.807, 2.05) is 0 Å². The van der Waals surface area contributed by atoms with E-state index in [2.05, 4.69) is 10.3 Å². The number of ether oxygens (including phenoxy) is 1. The maximum absolute atomic E-state index is 12.8. The number of nitrogens with zero attached hydrogens (tertiary/aromatic N) is 3. The van der Waals surface area contributed by atoms with Gasteiger partial charge in [-0.2, -0.15) is 0 Å². The number of anilines is 1. The van der Waals surface area contributed by atoms with Crippen LogP contribution in [0.4, 0.5) is 11.4 Å². The fraction of sp³-hybridized carbons (Fsp3) is 0.278. The number of nitrogens with one attached hydrogen (secondary N) is 1. The van der Waals surface area contributed by atoms with Crippen molar-refractivity contribution in [3.63, 3.8) is 0 Å². The van der Waals surface area contributed by atoms with Crippen LogP contribution in [-0.2, 0) is 24.2 Å². The van der Waals surface area contributed by atoms with E-state index in [0.717, 1.165) is 24.8 Å². The zero-order valence-corrected chi connectivity index (χ0v) is 15.7. The fourth-order valence-electron chi connectivity index (χ4n) is 3.37. The van der Waals surface area contributed by atoms with Crippen LogP contribution < -0.4 is 15.6 Å². The predicted molar refractivity (Wildman–Crippen MR) is 104 cm³/mol. The van der Waals surface area contributed by atoms with Crippen molar-refractivity contribution >= 4 is 38.8 Å². The third-order valence-corrected chi connectivity index (χ3v) is 5.88. The number of nitro benzene ring substituents is 1. The van der Waals surface area contributed by atoms with Gasteiger partial charge in [0, 0.05) is 4.88 Å². The minimum Gasteiger partial charge on any atom is -0.496 e. The molecule has 0 aliphatic heterocycles. The Morgan fingerprint density at radius 1 is 1.43 bits per heavy atom. The minimum absolute atomic E-state index is 0.0364. The normalized spacial score (nSPS) is 12.8. The van der Waals surface area contributed by atoms with Crippen molar-refractivity contribution < 1.29 is 14.5 Å². The number of thiophene rings is 1. The highest BCUT2D eigenvalue weighted by atomic mass is 32.1. The number of aromatic nitrogens is 2. The molecular formula is C18H16N4O5S. The van der Waals surface area contributed by atoms with Crippen LogP contribution in [0.1, 0.15) is 16.9 Å². The van der Waals surface area contributed by atoms with Crippen LogP contribution in [0, 0.1) is 10.1 Å². The Kier molecular flexibility index (Phi) is 4.55. The van der Waals surface area contributed by atoms with Crippen LogP contribution in [0.5, 0.6) is 5.75 Å². The maximum Gasteiger partial charge on any atom is 0.296 e. The molecule has 0 saturated carbocycles. The molecule has 3 aromatic rings. The third-order valence-electron chi connectivity index (χ3n) is 4.68. The van der Waals surface area contributed by atoms with Crippen molar-refractivity contribution in [1.82, 2.24) is 9.55 Å². The SMILES string of the molecule is COc1ccc(NC(=O)Cn2cnc3sc4c(c3c2=O)CCC4)c([N+](=O)[O-])c1. The Balaban J connectivity index is 1.60. The number of hydrogen-bond donors (Lipinski definition) is 1. The average molecular weight is 400 g/mol. The average Bonchev–Trinajstić information content (AvgIpc) is 3.25. The van der Waals surface area contributed by atoms with Gasteiger partial charge in [0.05, 0.1) is 29.8 Å². The van der Waals surface area contributed by atoms with Gasteiger partial charge in [0.2, 0.25) is 5.91 Å². The van der Waals surface area contributed by atoms with Crippen molar-refractivity contribution in [2.75, 3.05) is 12.4 Å². The number of fused-ring (bicyclic) bond motifs is 3. The number of amides is 1. The largest absolute Gasteiger partial charge is 0.496 e. The second-order valence-electron chi connectivity index (χ2n) is 6.40. The molecule has 1 amide bonds. The number of rotatable bonds is 5. The van der Waals surface area contributed by atoms with Gasteiger partial charge in [-0.25, -0.2) is 4.98 Å². The summed E-state index contributed by atoms with van der Waals surface area (Å²) >= 11 is 1.53.